The van der Waals surface area contributed by atoms with Crippen LogP contribution in [-0.4, -0.2) is 45.1 Å². The van der Waals surface area contributed by atoms with Gasteiger partial charge in [-0.3, -0.25) is 19.5 Å². The molecule has 1 aliphatic rings. The van der Waals surface area contributed by atoms with E-state index >= 15 is 0 Å². The van der Waals surface area contributed by atoms with Crippen LogP contribution in [0.2, 0.25) is 0 Å². The number of nitro groups is 1. The lowest BCUT2D eigenvalue weighted by Crippen LogP contribution is -2.47. The number of aliphatic hydroxyl groups excluding tert-OH is 1. The van der Waals surface area contributed by atoms with E-state index in [2.05, 4.69) is 0 Å². The molecule has 1 aromatic carbocycles. The number of benzene rings is 1. The molecular formula is C19H25N3O6. The van der Waals surface area contributed by atoms with Crippen molar-refractivity contribution in [1.29, 1.82) is 0 Å². The van der Waals surface area contributed by atoms with E-state index in [0.29, 0.717) is 31.6 Å². The molecule has 152 valence electrons. The number of aromatic nitrogens is 1. The Labute approximate surface area is 161 Å². The van der Waals surface area contributed by atoms with Crippen molar-refractivity contribution in [2.24, 2.45) is 5.41 Å². The van der Waals surface area contributed by atoms with Crippen molar-refractivity contribution in [2.45, 2.75) is 45.6 Å². The second-order valence-electron chi connectivity index (χ2n) is 7.46. The van der Waals surface area contributed by atoms with Crippen molar-refractivity contribution in [3.05, 3.63) is 38.9 Å². The number of nitrogens with zero attached hydrogens (tertiary/aromatic N) is 3. The van der Waals surface area contributed by atoms with Gasteiger partial charge in [0.1, 0.15) is 0 Å². The van der Waals surface area contributed by atoms with Gasteiger partial charge in [0.25, 0.3) is 5.69 Å². The summed E-state index contributed by atoms with van der Waals surface area (Å²) in [4.78, 5) is 36.7. The maximum absolute atomic E-state index is 12.6. The molecule has 9 nitrogen and oxygen atoms in total. The van der Waals surface area contributed by atoms with Crippen molar-refractivity contribution in [1.82, 2.24) is 9.47 Å². The molecule has 1 aliphatic heterocycles. The lowest BCUT2D eigenvalue weighted by atomic mass is 9.78. The minimum absolute atomic E-state index is 0.0162. The van der Waals surface area contributed by atoms with Crippen molar-refractivity contribution in [3.63, 3.8) is 0 Å². The Morgan fingerprint density at radius 2 is 2.21 bits per heavy atom. The number of hydrogen-bond donors (Lipinski definition) is 1. The van der Waals surface area contributed by atoms with Crippen LogP contribution in [0.5, 0.6) is 0 Å². The van der Waals surface area contributed by atoms with Crippen LogP contribution in [0.3, 0.4) is 0 Å². The van der Waals surface area contributed by atoms with Gasteiger partial charge in [0.05, 0.1) is 23.1 Å². The molecule has 1 fully saturated rings. The fourth-order valence-corrected chi connectivity index (χ4v) is 3.88. The van der Waals surface area contributed by atoms with Crippen LogP contribution < -0.4 is 5.76 Å². The molecule has 2 aromatic rings. The first-order valence-electron chi connectivity index (χ1n) is 9.55. The highest BCUT2D eigenvalue weighted by Crippen LogP contribution is 2.33. The number of carbonyl (C=O) groups excluding carboxylic acids is 1. The van der Waals surface area contributed by atoms with Crippen molar-refractivity contribution >= 4 is 22.7 Å². The van der Waals surface area contributed by atoms with E-state index in [4.69, 9.17) is 4.42 Å². The van der Waals surface area contributed by atoms with Crippen molar-refractivity contribution in [3.8, 4) is 0 Å². The van der Waals surface area contributed by atoms with Gasteiger partial charge in [-0.25, -0.2) is 4.79 Å². The number of piperidine rings is 1. The van der Waals surface area contributed by atoms with Gasteiger partial charge < -0.3 is 14.4 Å². The van der Waals surface area contributed by atoms with Crippen molar-refractivity contribution in [2.75, 3.05) is 19.7 Å². The number of aryl methyl sites for hydroxylation is 1. The molecule has 1 N–H and O–H groups in total. The van der Waals surface area contributed by atoms with Crippen LogP contribution in [0.1, 0.15) is 39.0 Å². The Bertz CT molecular complexity index is 927. The Morgan fingerprint density at radius 1 is 1.43 bits per heavy atom. The second kappa shape index (κ2) is 8.14. The molecule has 2 heterocycles. The zero-order valence-corrected chi connectivity index (χ0v) is 15.9. The second-order valence-corrected chi connectivity index (χ2v) is 7.46. The molecule has 9 heteroatoms. The van der Waals surface area contributed by atoms with Gasteiger partial charge in [0, 0.05) is 37.5 Å². The minimum Gasteiger partial charge on any atom is -0.407 e. The molecular weight excluding hydrogens is 366 g/mol. The van der Waals surface area contributed by atoms with Crippen LogP contribution in [0.15, 0.2) is 27.4 Å². The largest absolute Gasteiger partial charge is 0.419 e. The van der Waals surface area contributed by atoms with Gasteiger partial charge in [0.15, 0.2) is 5.58 Å². The third kappa shape index (κ3) is 3.94. The summed E-state index contributed by atoms with van der Waals surface area (Å²) in [5.74, 6) is -0.575. The molecule has 1 unspecified atom stereocenters. The predicted octanol–water partition coefficient (Wildman–Crippen LogP) is 2.29. The zero-order chi connectivity index (χ0) is 20.3. The van der Waals surface area contributed by atoms with Crippen LogP contribution >= 0.6 is 0 Å². The van der Waals surface area contributed by atoms with E-state index in [1.54, 1.807) is 0 Å². The molecule has 1 aromatic heterocycles. The Morgan fingerprint density at radius 3 is 2.89 bits per heavy atom. The number of hydrogen-bond acceptors (Lipinski definition) is 6. The zero-order valence-electron chi connectivity index (χ0n) is 15.9. The molecule has 0 bridgehead atoms. The summed E-state index contributed by atoms with van der Waals surface area (Å²) in [6.07, 6.45) is 3.38. The van der Waals surface area contributed by atoms with Crippen LogP contribution in [0, 0.1) is 15.5 Å². The Balaban J connectivity index is 1.63. The Kier molecular flexibility index (Phi) is 5.83. The standard InChI is InChI=1S/C19H25N3O6/c1-2-19(13-23)8-4-9-20(12-19)17(24)5-3-10-21-15-7-6-14(22(26)27)11-16(15)28-18(21)25/h6-7,11,23H,2-5,8-10,12-13H2,1H3. The molecule has 1 atom stereocenters. The molecule has 0 radical (unpaired) electrons. The quantitative estimate of drug-likeness (QED) is 0.571. The average Bonchev–Trinajstić information content (AvgIpc) is 3.02. The summed E-state index contributed by atoms with van der Waals surface area (Å²) in [7, 11) is 0. The van der Waals surface area contributed by atoms with Gasteiger partial charge in [-0.15, -0.1) is 0 Å². The highest BCUT2D eigenvalue weighted by atomic mass is 16.6. The topological polar surface area (TPSA) is 119 Å². The summed E-state index contributed by atoms with van der Waals surface area (Å²) in [5, 5.41) is 20.5. The normalized spacial score (nSPS) is 19.9. The number of likely N-dealkylation sites (tertiary alicyclic amines) is 1. The summed E-state index contributed by atoms with van der Waals surface area (Å²) >= 11 is 0. The van der Waals surface area contributed by atoms with Crippen molar-refractivity contribution < 1.29 is 19.2 Å². The van der Waals surface area contributed by atoms with E-state index in [-0.39, 0.29) is 35.6 Å². The summed E-state index contributed by atoms with van der Waals surface area (Å²) in [5.41, 5.74) is 0.292. The number of amides is 1. The molecule has 1 saturated heterocycles. The molecule has 28 heavy (non-hydrogen) atoms. The first-order valence-corrected chi connectivity index (χ1v) is 9.55. The maximum atomic E-state index is 12.6. The summed E-state index contributed by atoms with van der Waals surface area (Å²) < 4.78 is 6.50. The molecule has 0 aliphatic carbocycles. The number of rotatable bonds is 7. The van der Waals surface area contributed by atoms with Crippen LogP contribution in [0.25, 0.3) is 11.1 Å². The van der Waals surface area contributed by atoms with Gasteiger partial charge in [0.2, 0.25) is 5.91 Å². The average molecular weight is 391 g/mol. The third-order valence-electron chi connectivity index (χ3n) is 5.73. The fraction of sp³-hybridized carbons (Fsp3) is 0.579. The lowest BCUT2D eigenvalue weighted by Gasteiger charge is -2.41. The monoisotopic (exact) mass is 391 g/mol. The molecule has 0 spiro atoms. The third-order valence-corrected chi connectivity index (χ3v) is 5.73. The maximum Gasteiger partial charge on any atom is 0.419 e. The van der Waals surface area contributed by atoms with Crippen LogP contribution in [0.4, 0.5) is 5.69 Å². The summed E-state index contributed by atoms with van der Waals surface area (Å²) in [6, 6.07) is 4.04. The minimum atomic E-state index is -0.591. The Hall–Kier alpha value is -2.68. The number of carbonyl (C=O) groups is 1. The number of nitro benzene ring substituents is 1. The highest BCUT2D eigenvalue weighted by molar-refractivity contribution is 5.77. The predicted molar refractivity (Wildman–Crippen MR) is 102 cm³/mol. The van der Waals surface area contributed by atoms with E-state index in [0.717, 1.165) is 19.3 Å². The first kappa shape index (κ1) is 20.1. The highest BCUT2D eigenvalue weighted by Gasteiger charge is 2.34. The summed E-state index contributed by atoms with van der Waals surface area (Å²) in [6.45, 7) is 3.67. The van der Waals surface area contributed by atoms with E-state index < -0.39 is 10.7 Å². The van der Waals surface area contributed by atoms with E-state index in [1.165, 1.54) is 22.8 Å². The number of aliphatic hydroxyl groups is 1. The van der Waals surface area contributed by atoms with Gasteiger partial charge in [-0.1, -0.05) is 6.92 Å². The van der Waals surface area contributed by atoms with Gasteiger partial charge >= 0.3 is 5.76 Å². The molecule has 0 saturated carbocycles. The molecule has 3 rings (SSSR count). The fourth-order valence-electron chi connectivity index (χ4n) is 3.88. The SMILES string of the molecule is CCC1(CO)CCCN(C(=O)CCCn2c(=O)oc3cc([N+](=O)[O-])ccc32)C1. The number of oxazole rings is 1. The van der Waals surface area contributed by atoms with E-state index in [1.807, 2.05) is 11.8 Å². The number of fused-ring (bicyclic) bond motifs is 1. The van der Waals surface area contributed by atoms with Crippen LogP contribution in [-0.2, 0) is 11.3 Å². The smallest absolute Gasteiger partial charge is 0.407 e. The molecule has 1 amide bonds. The first-order chi connectivity index (χ1) is 13.4. The lowest BCUT2D eigenvalue weighted by molar-refractivity contribution is -0.384. The number of non-ortho nitro benzene ring substituents is 1. The van der Waals surface area contributed by atoms with Gasteiger partial charge in [-0.2, -0.15) is 0 Å². The van der Waals surface area contributed by atoms with Gasteiger partial charge in [-0.05, 0) is 31.7 Å². The van der Waals surface area contributed by atoms with E-state index in [9.17, 15) is 24.8 Å².